The lowest BCUT2D eigenvalue weighted by Crippen LogP contribution is -2.61. The van der Waals surface area contributed by atoms with Gasteiger partial charge in [0.1, 0.15) is 11.4 Å². The van der Waals surface area contributed by atoms with E-state index >= 15 is 0 Å². The number of phenols is 1. The number of para-hydroxylation sites is 1. The quantitative estimate of drug-likeness (QED) is 0.457. The van der Waals surface area contributed by atoms with Crippen LogP contribution in [0.5, 0.6) is 5.75 Å². The summed E-state index contributed by atoms with van der Waals surface area (Å²) in [5, 5.41) is 18.8. The van der Waals surface area contributed by atoms with E-state index in [0.29, 0.717) is 35.2 Å². The van der Waals surface area contributed by atoms with Crippen molar-refractivity contribution in [3.05, 3.63) is 54.4 Å². The Balaban J connectivity index is 1.01. The molecule has 4 saturated heterocycles. The molecule has 212 valence electrons. The number of piperazine rings is 1. The number of hydrogen-bond acceptors (Lipinski definition) is 10. The van der Waals surface area contributed by atoms with Crippen LogP contribution in [-0.2, 0) is 4.74 Å². The molecule has 0 aliphatic carbocycles. The highest BCUT2D eigenvalue weighted by Gasteiger charge is 2.41. The number of benzene rings is 1. The van der Waals surface area contributed by atoms with Gasteiger partial charge in [0, 0.05) is 74.8 Å². The van der Waals surface area contributed by atoms with Crippen molar-refractivity contribution >= 4 is 17.2 Å². The predicted octanol–water partition coefficient (Wildman–Crippen LogP) is 2.05. The van der Waals surface area contributed by atoms with Gasteiger partial charge in [-0.25, -0.2) is 4.98 Å². The monoisotopic (exact) mass is 552 g/mol. The van der Waals surface area contributed by atoms with Gasteiger partial charge in [-0.15, -0.1) is 10.2 Å². The summed E-state index contributed by atoms with van der Waals surface area (Å²) in [6.07, 6.45) is 4.12. The summed E-state index contributed by atoms with van der Waals surface area (Å²) < 4.78 is 5.48. The van der Waals surface area contributed by atoms with Crippen LogP contribution in [-0.4, -0.2) is 107 Å². The molecule has 3 aromatic rings. The summed E-state index contributed by atoms with van der Waals surface area (Å²) in [6.45, 7) is 8.43. The largest absolute Gasteiger partial charge is 0.507 e. The number of hydrogen-bond donors (Lipinski definition) is 2. The Morgan fingerprint density at radius 1 is 0.951 bits per heavy atom. The number of aromatic nitrogens is 3. The fourth-order valence-electron chi connectivity index (χ4n) is 6.72. The van der Waals surface area contributed by atoms with Crippen LogP contribution in [0.15, 0.2) is 48.7 Å². The van der Waals surface area contributed by atoms with Crippen molar-refractivity contribution in [3.63, 3.8) is 0 Å². The number of pyridine rings is 1. The maximum atomic E-state index is 10.3. The highest BCUT2D eigenvalue weighted by Crippen LogP contribution is 2.39. The summed E-state index contributed by atoms with van der Waals surface area (Å²) in [5.74, 6) is 7.26. The normalized spacial score (nSPS) is 23.2. The third-order valence-corrected chi connectivity index (χ3v) is 8.86. The van der Waals surface area contributed by atoms with E-state index in [1.807, 2.05) is 24.4 Å². The molecule has 3 N–H and O–H groups in total. The third-order valence-electron chi connectivity index (χ3n) is 8.86. The highest BCUT2D eigenvalue weighted by molar-refractivity contribution is 5.74. The Bertz CT molecular complexity index is 1450. The van der Waals surface area contributed by atoms with E-state index < -0.39 is 0 Å². The lowest BCUT2D eigenvalue weighted by Gasteiger charge is -2.45. The Labute approximate surface area is 240 Å². The van der Waals surface area contributed by atoms with Gasteiger partial charge in [-0.1, -0.05) is 18.1 Å². The van der Waals surface area contributed by atoms with E-state index in [2.05, 4.69) is 58.8 Å². The average molecular weight is 553 g/mol. The molecule has 10 heteroatoms. The molecular formula is C31H36N8O2. The summed E-state index contributed by atoms with van der Waals surface area (Å²) in [6, 6.07) is 14.7. The number of phenolic OH excluding ortho intramolecular Hbond substituents is 1. The fourth-order valence-corrected chi connectivity index (χ4v) is 6.72. The van der Waals surface area contributed by atoms with Crippen LogP contribution in [0.25, 0.3) is 11.3 Å². The van der Waals surface area contributed by atoms with Crippen LogP contribution >= 0.6 is 0 Å². The number of anilines is 3. The number of likely N-dealkylation sites (tertiary alicyclic amines) is 1. The van der Waals surface area contributed by atoms with Gasteiger partial charge in [0.25, 0.3) is 0 Å². The number of ether oxygens (including phenoxy) is 1. The number of fused-ring (bicyclic) bond motifs is 2. The number of morpholine rings is 1. The molecule has 6 heterocycles. The summed E-state index contributed by atoms with van der Waals surface area (Å²) in [7, 11) is 0. The second-order valence-electron chi connectivity index (χ2n) is 11.4. The molecule has 0 radical (unpaired) electrons. The number of nitrogens with zero attached hydrogens (tertiary/aromatic N) is 7. The predicted molar refractivity (Wildman–Crippen MR) is 159 cm³/mol. The van der Waals surface area contributed by atoms with Gasteiger partial charge in [-0.05, 0) is 49.1 Å². The van der Waals surface area contributed by atoms with Crippen LogP contribution in [0.1, 0.15) is 18.5 Å². The molecule has 4 fully saturated rings. The molecule has 1 aromatic carbocycles. The number of rotatable bonds is 5. The number of aromatic hydroxyl groups is 1. The van der Waals surface area contributed by atoms with Crippen LogP contribution in [0.4, 0.5) is 17.2 Å². The van der Waals surface area contributed by atoms with Gasteiger partial charge in [-0.2, -0.15) is 0 Å². The van der Waals surface area contributed by atoms with Crippen molar-refractivity contribution in [2.24, 2.45) is 0 Å². The van der Waals surface area contributed by atoms with Crippen molar-refractivity contribution in [2.75, 3.05) is 74.6 Å². The zero-order chi connectivity index (χ0) is 27.8. The smallest absolute Gasteiger partial charge is 0.169 e. The maximum Gasteiger partial charge on any atom is 0.169 e. The Morgan fingerprint density at radius 2 is 1.73 bits per heavy atom. The van der Waals surface area contributed by atoms with Crippen molar-refractivity contribution in [2.45, 2.75) is 31.0 Å². The third kappa shape index (κ3) is 5.28. The molecule has 2 bridgehead atoms. The highest BCUT2D eigenvalue weighted by atomic mass is 16.5. The molecule has 10 nitrogen and oxygen atoms in total. The average Bonchev–Trinajstić information content (AvgIpc) is 3.24. The molecule has 41 heavy (non-hydrogen) atoms. The first-order valence-electron chi connectivity index (χ1n) is 14.6. The van der Waals surface area contributed by atoms with Crippen molar-refractivity contribution in [3.8, 4) is 28.8 Å². The first-order valence-corrected chi connectivity index (χ1v) is 14.6. The van der Waals surface area contributed by atoms with Crippen molar-refractivity contribution in [1.29, 1.82) is 0 Å². The first-order chi connectivity index (χ1) is 20.1. The minimum absolute atomic E-state index is 0.182. The van der Waals surface area contributed by atoms with E-state index in [1.165, 1.54) is 5.69 Å². The molecule has 0 saturated carbocycles. The van der Waals surface area contributed by atoms with Crippen LogP contribution in [0, 0.1) is 11.8 Å². The van der Waals surface area contributed by atoms with Crippen LogP contribution in [0.3, 0.4) is 0 Å². The van der Waals surface area contributed by atoms with Gasteiger partial charge >= 0.3 is 0 Å². The van der Waals surface area contributed by atoms with E-state index in [4.69, 9.17) is 10.5 Å². The van der Waals surface area contributed by atoms with Gasteiger partial charge in [0.2, 0.25) is 0 Å². The molecule has 7 rings (SSSR count). The summed E-state index contributed by atoms with van der Waals surface area (Å²) in [5.41, 5.74) is 10.5. The lowest BCUT2D eigenvalue weighted by molar-refractivity contribution is -0.0281. The molecule has 0 spiro atoms. The second kappa shape index (κ2) is 11.2. The standard InChI is InChI=1S/C31H36N8O2/c32-31-29(17-28(34-35-31)27-5-1-2-6-30(27)40)38-20-24-7-8-25(21-38)39(24)23-9-10-33-22(16-23)4-3-11-36-18-26(19-36)37-12-14-41-15-13-37/h1-2,5-6,9-10,16-17,24-26,40H,7-8,11-15,18-21H2,(H2,32,35). The van der Waals surface area contributed by atoms with Crippen LogP contribution in [0.2, 0.25) is 0 Å². The van der Waals surface area contributed by atoms with Gasteiger partial charge in [0.15, 0.2) is 5.82 Å². The van der Waals surface area contributed by atoms with E-state index in [-0.39, 0.29) is 5.75 Å². The molecule has 2 unspecified atom stereocenters. The van der Waals surface area contributed by atoms with Gasteiger partial charge < -0.3 is 25.4 Å². The van der Waals surface area contributed by atoms with E-state index in [9.17, 15) is 5.11 Å². The molecule has 2 atom stereocenters. The van der Waals surface area contributed by atoms with Crippen LogP contribution < -0.4 is 15.5 Å². The second-order valence-corrected chi connectivity index (χ2v) is 11.4. The summed E-state index contributed by atoms with van der Waals surface area (Å²) in [4.78, 5) is 14.4. The Kier molecular flexibility index (Phi) is 7.08. The fraction of sp³-hybridized carbons (Fsp3) is 0.452. The first kappa shape index (κ1) is 26.0. The van der Waals surface area contributed by atoms with Gasteiger partial charge in [-0.3, -0.25) is 9.80 Å². The zero-order valence-electron chi connectivity index (χ0n) is 23.2. The SMILES string of the molecule is Nc1nnc(-c2ccccc2O)cc1N1CC2CCC(C1)N2c1ccnc(C#CCN2CC(N3CCOCC3)C2)c1. The summed E-state index contributed by atoms with van der Waals surface area (Å²) >= 11 is 0. The Hall–Kier alpha value is -3.91. The molecular weight excluding hydrogens is 516 g/mol. The number of nitrogens with two attached hydrogens (primary N) is 1. The molecule has 0 amide bonds. The van der Waals surface area contributed by atoms with E-state index in [1.54, 1.807) is 12.1 Å². The van der Waals surface area contributed by atoms with Gasteiger partial charge in [0.05, 0.1) is 31.1 Å². The Morgan fingerprint density at radius 3 is 2.51 bits per heavy atom. The molecule has 4 aliphatic rings. The molecule has 4 aliphatic heterocycles. The molecule has 2 aromatic heterocycles. The van der Waals surface area contributed by atoms with E-state index in [0.717, 1.165) is 83.3 Å². The van der Waals surface area contributed by atoms with Crippen molar-refractivity contribution < 1.29 is 9.84 Å². The van der Waals surface area contributed by atoms with Crippen molar-refractivity contribution in [1.82, 2.24) is 25.0 Å². The lowest BCUT2D eigenvalue weighted by atomic mass is 10.1. The zero-order valence-corrected chi connectivity index (χ0v) is 23.2. The maximum absolute atomic E-state index is 10.3. The minimum atomic E-state index is 0.182. The minimum Gasteiger partial charge on any atom is -0.507 e. The topological polar surface area (TPSA) is 107 Å². The number of nitrogen functional groups attached to an aromatic ring is 1.